The summed E-state index contributed by atoms with van der Waals surface area (Å²) in [6.45, 7) is 6.42. The molecular formula is C16H22N4O4S. The van der Waals surface area contributed by atoms with Crippen molar-refractivity contribution in [2.24, 2.45) is 0 Å². The monoisotopic (exact) mass is 366 g/mol. The number of nitrogens with zero attached hydrogens (tertiary/aromatic N) is 3. The number of anilines is 1. The van der Waals surface area contributed by atoms with Crippen LogP contribution in [-0.2, 0) is 10.0 Å². The number of amides is 1. The summed E-state index contributed by atoms with van der Waals surface area (Å²) in [6, 6.07) is 5.78. The number of carbonyl (C=O) groups excluding carboxylic acids is 1. The molecule has 0 saturated carbocycles. The van der Waals surface area contributed by atoms with Crippen molar-refractivity contribution in [2.45, 2.75) is 38.5 Å². The first-order valence-corrected chi connectivity index (χ1v) is 9.54. The maximum atomic E-state index is 12.7. The molecule has 0 saturated heterocycles. The van der Waals surface area contributed by atoms with Crippen LogP contribution in [0.4, 0.5) is 6.01 Å². The van der Waals surface area contributed by atoms with Gasteiger partial charge in [-0.05, 0) is 37.1 Å². The van der Waals surface area contributed by atoms with Crippen molar-refractivity contribution in [3.63, 3.8) is 0 Å². The molecule has 1 aromatic heterocycles. The van der Waals surface area contributed by atoms with E-state index in [1.807, 2.05) is 13.8 Å². The normalized spacial score (nSPS) is 11.7. The maximum Gasteiger partial charge on any atom is 0.322 e. The Morgan fingerprint density at radius 3 is 2.20 bits per heavy atom. The molecule has 9 heteroatoms. The van der Waals surface area contributed by atoms with Crippen molar-refractivity contribution in [2.75, 3.05) is 18.4 Å². The van der Waals surface area contributed by atoms with Gasteiger partial charge in [0, 0.05) is 25.6 Å². The third kappa shape index (κ3) is 4.64. The third-order valence-corrected chi connectivity index (χ3v) is 5.36. The number of hydrogen-bond acceptors (Lipinski definition) is 6. The largest absolute Gasteiger partial charge is 0.408 e. The highest BCUT2D eigenvalue weighted by Gasteiger charge is 2.23. The summed E-state index contributed by atoms with van der Waals surface area (Å²) < 4.78 is 31.9. The standard InChI is InChI=1S/C16H22N4O4S/c1-4-10-20(11-5-2)25(22,23)14-8-6-13(7-9-14)15(21)17-16-19-18-12(3)24-16/h6-9H,4-5,10-11H2,1-3H3,(H,17,19,21). The van der Waals surface area contributed by atoms with Gasteiger partial charge in [-0.15, -0.1) is 5.10 Å². The number of benzene rings is 1. The number of aromatic nitrogens is 2. The van der Waals surface area contributed by atoms with Crippen LogP contribution in [0, 0.1) is 6.92 Å². The predicted octanol–water partition coefficient (Wildman–Crippen LogP) is 2.44. The van der Waals surface area contributed by atoms with Crippen molar-refractivity contribution in [3.05, 3.63) is 35.7 Å². The first-order valence-electron chi connectivity index (χ1n) is 8.10. The second kappa shape index (κ2) is 8.21. The second-order valence-electron chi connectivity index (χ2n) is 5.51. The Bertz CT molecular complexity index is 809. The van der Waals surface area contributed by atoms with E-state index in [0.717, 1.165) is 12.8 Å². The van der Waals surface area contributed by atoms with Crippen molar-refractivity contribution < 1.29 is 17.6 Å². The van der Waals surface area contributed by atoms with Crippen LogP contribution in [0.1, 0.15) is 42.9 Å². The van der Waals surface area contributed by atoms with Crippen LogP contribution in [0.3, 0.4) is 0 Å². The van der Waals surface area contributed by atoms with Crippen LogP contribution in [0.5, 0.6) is 0 Å². The summed E-state index contributed by atoms with van der Waals surface area (Å²) in [4.78, 5) is 12.3. The fourth-order valence-electron chi connectivity index (χ4n) is 2.29. The van der Waals surface area contributed by atoms with Gasteiger partial charge in [-0.1, -0.05) is 18.9 Å². The van der Waals surface area contributed by atoms with Crippen molar-refractivity contribution in [1.29, 1.82) is 0 Å². The van der Waals surface area contributed by atoms with Gasteiger partial charge >= 0.3 is 6.01 Å². The Hall–Kier alpha value is -2.26. The number of carbonyl (C=O) groups is 1. The van der Waals surface area contributed by atoms with Gasteiger partial charge in [-0.2, -0.15) is 4.31 Å². The summed E-state index contributed by atoms with van der Waals surface area (Å²) in [6.07, 6.45) is 1.48. The maximum absolute atomic E-state index is 12.7. The van der Waals surface area contributed by atoms with E-state index in [9.17, 15) is 13.2 Å². The summed E-state index contributed by atoms with van der Waals surface area (Å²) in [5.41, 5.74) is 0.298. The van der Waals surface area contributed by atoms with Crippen molar-refractivity contribution >= 4 is 21.9 Å². The number of rotatable bonds is 8. The molecule has 0 atom stereocenters. The van der Waals surface area contributed by atoms with E-state index in [2.05, 4.69) is 15.5 Å². The Morgan fingerprint density at radius 2 is 1.72 bits per heavy atom. The lowest BCUT2D eigenvalue weighted by Crippen LogP contribution is -2.32. The molecule has 2 rings (SSSR count). The van der Waals surface area contributed by atoms with E-state index in [1.165, 1.54) is 28.6 Å². The second-order valence-corrected chi connectivity index (χ2v) is 7.45. The molecule has 1 N–H and O–H groups in total. The number of hydrogen-bond donors (Lipinski definition) is 1. The Labute approximate surface area is 147 Å². The molecule has 136 valence electrons. The van der Waals surface area contributed by atoms with Gasteiger partial charge in [0.25, 0.3) is 5.91 Å². The number of aryl methyl sites for hydroxylation is 1. The van der Waals surface area contributed by atoms with Gasteiger partial charge in [-0.25, -0.2) is 8.42 Å². The first-order chi connectivity index (χ1) is 11.9. The van der Waals surface area contributed by atoms with Gasteiger partial charge in [0.05, 0.1) is 4.90 Å². The smallest absolute Gasteiger partial charge is 0.322 e. The first kappa shape index (κ1) is 19.1. The van der Waals surface area contributed by atoms with Gasteiger partial charge in [-0.3, -0.25) is 10.1 Å². The van der Waals surface area contributed by atoms with Gasteiger partial charge in [0.2, 0.25) is 15.9 Å². The van der Waals surface area contributed by atoms with Gasteiger partial charge in [0.15, 0.2) is 0 Å². The fourth-order valence-corrected chi connectivity index (χ4v) is 3.92. The molecule has 1 amide bonds. The van der Waals surface area contributed by atoms with Crippen LogP contribution in [0.25, 0.3) is 0 Å². The van der Waals surface area contributed by atoms with Crippen LogP contribution >= 0.6 is 0 Å². The Balaban J connectivity index is 2.16. The molecule has 0 aliphatic heterocycles. The molecule has 0 unspecified atom stereocenters. The van der Waals surface area contributed by atoms with E-state index in [0.29, 0.717) is 24.5 Å². The third-order valence-electron chi connectivity index (χ3n) is 3.45. The molecule has 0 bridgehead atoms. The van der Waals surface area contributed by atoms with E-state index in [1.54, 1.807) is 6.92 Å². The summed E-state index contributed by atoms with van der Waals surface area (Å²) in [5.74, 6) is -0.116. The molecule has 8 nitrogen and oxygen atoms in total. The van der Waals surface area contributed by atoms with Crippen molar-refractivity contribution in [1.82, 2.24) is 14.5 Å². The van der Waals surface area contributed by atoms with Gasteiger partial charge < -0.3 is 4.42 Å². The van der Waals surface area contributed by atoms with Gasteiger partial charge in [0.1, 0.15) is 0 Å². The predicted molar refractivity (Wildman–Crippen MR) is 92.8 cm³/mol. The molecule has 0 radical (unpaired) electrons. The Morgan fingerprint density at radius 1 is 1.12 bits per heavy atom. The summed E-state index contributed by atoms with van der Waals surface area (Å²) in [5, 5.41) is 9.76. The quantitative estimate of drug-likeness (QED) is 0.769. The highest BCUT2D eigenvalue weighted by atomic mass is 32.2. The fraction of sp³-hybridized carbons (Fsp3) is 0.438. The minimum absolute atomic E-state index is 0.00346. The zero-order valence-electron chi connectivity index (χ0n) is 14.5. The molecule has 1 aromatic carbocycles. The molecular weight excluding hydrogens is 344 g/mol. The zero-order valence-corrected chi connectivity index (χ0v) is 15.3. The number of sulfonamides is 1. The van der Waals surface area contributed by atoms with Crippen LogP contribution < -0.4 is 5.32 Å². The molecule has 0 aliphatic carbocycles. The average molecular weight is 366 g/mol. The lowest BCUT2D eigenvalue weighted by molar-refractivity contribution is 0.102. The van der Waals surface area contributed by atoms with Crippen molar-refractivity contribution in [3.8, 4) is 0 Å². The molecule has 0 fully saturated rings. The Kier molecular flexibility index (Phi) is 6.27. The average Bonchev–Trinajstić information content (AvgIpc) is 2.99. The SMILES string of the molecule is CCCN(CCC)S(=O)(=O)c1ccc(C(=O)Nc2nnc(C)o2)cc1. The molecule has 25 heavy (non-hydrogen) atoms. The summed E-state index contributed by atoms with van der Waals surface area (Å²) in [7, 11) is -3.56. The van der Waals surface area contributed by atoms with Crippen LogP contribution in [0.2, 0.25) is 0 Å². The van der Waals surface area contributed by atoms with E-state index >= 15 is 0 Å². The van der Waals surface area contributed by atoms with E-state index in [-0.39, 0.29) is 10.9 Å². The van der Waals surface area contributed by atoms with E-state index < -0.39 is 15.9 Å². The van der Waals surface area contributed by atoms with E-state index in [4.69, 9.17) is 4.42 Å². The minimum Gasteiger partial charge on any atom is -0.408 e. The minimum atomic E-state index is -3.56. The lowest BCUT2D eigenvalue weighted by Gasteiger charge is -2.21. The highest BCUT2D eigenvalue weighted by Crippen LogP contribution is 2.18. The topological polar surface area (TPSA) is 105 Å². The molecule has 1 heterocycles. The lowest BCUT2D eigenvalue weighted by atomic mass is 10.2. The summed E-state index contributed by atoms with van der Waals surface area (Å²) >= 11 is 0. The van der Waals surface area contributed by atoms with Crippen LogP contribution in [-0.4, -0.2) is 41.9 Å². The van der Waals surface area contributed by atoms with Crippen LogP contribution in [0.15, 0.2) is 33.6 Å². The molecule has 0 aliphatic rings. The molecule has 2 aromatic rings. The highest BCUT2D eigenvalue weighted by molar-refractivity contribution is 7.89. The molecule has 0 spiro atoms. The number of nitrogens with one attached hydrogen (secondary N) is 1. The zero-order chi connectivity index (χ0) is 18.4.